The molecule has 0 unspecified atom stereocenters. The van der Waals surface area contributed by atoms with E-state index in [0.29, 0.717) is 42.0 Å². The number of nitrogens with zero attached hydrogens (tertiary/aromatic N) is 3. The summed E-state index contributed by atoms with van der Waals surface area (Å²) in [6, 6.07) is 22.0. The number of amides is 2. The van der Waals surface area contributed by atoms with Crippen molar-refractivity contribution in [2.45, 2.75) is 57.7 Å². The van der Waals surface area contributed by atoms with Gasteiger partial charge in [-0.2, -0.15) is 4.31 Å². The average molecular weight is 647 g/mol. The fourth-order valence-corrected chi connectivity index (χ4v) is 6.71. The fourth-order valence-electron chi connectivity index (χ4n) is 5.09. The lowest BCUT2D eigenvalue weighted by Gasteiger charge is -2.27. The zero-order chi connectivity index (χ0) is 33.3. The number of nitrogens with one attached hydrogen (secondary N) is 1. The molecule has 3 aromatic carbocycles. The van der Waals surface area contributed by atoms with Crippen LogP contribution in [0.3, 0.4) is 0 Å². The molecule has 244 valence electrons. The number of carbonyl (C=O) groups is 2. The normalized spacial score (nSPS) is 12.3. The summed E-state index contributed by atoms with van der Waals surface area (Å²) in [5.74, 6) is -0.159. The van der Waals surface area contributed by atoms with E-state index < -0.39 is 16.1 Å². The maximum Gasteiger partial charge on any atom is 0.254 e. The average Bonchev–Trinajstić information content (AvgIpc) is 3.46. The first-order chi connectivity index (χ1) is 22.0. The van der Waals surface area contributed by atoms with Gasteiger partial charge < -0.3 is 19.7 Å². The third-order valence-electron chi connectivity index (χ3n) is 7.46. The largest absolute Gasteiger partial charge is 0.447 e. The molecule has 2 N–H and O–H groups in total. The quantitative estimate of drug-likeness (QED) is 0.189. The Morgan fingerprint density at radius 2 is 1.65 bits per heavy atom. The lowest BCUT2D eigenvalue weighted by Crippen LogP contribution is -2.42. The Balaban J connectivity index is 1.52. The van der Waals surface area contributed by atoms with Crippen LogP contribution in [0.5, 0.6) is 0 Å². The number of aromatic nitrogens is 1. The number of hydrogen-bond donors (Lipinski definition) is 2. The van der Waals surface area contributed by atoms with Crippen LogP contribution in [0.1, 0.15) is 63.7 Å². The van der Waals surface area contributed by atoms with E-state index in [4.69, 9.17) is 4.42 Å². The molecule has 0 saturated carbocycles. The summed E-state index contributed by atoms with van der Waals surface area (Å²) >= 11 is 0. The van der Waals surface area contributed by atoms with Gasteiger partial charge >= 0.3 is 0 Å². The number of aryl methyl sites for hydroxylation is 1. The molecule has 1 atom stereocenters. The SMILES string of the molecule is Cc1coc(CN(C)C(=O)c2cccc(C(=O)N[C@H](CCN(CC(C)C)S(=O)(=O)c3ccc(CO)cc3)Cc3ccccc3)c2)n1. The third kappa shape index (κ3) is 9.35. The Morgan fingerprint density at radius 1 is 0.957 bits per heavy atom. The van der Waals surface area contributed by atoms with Crippen LogP contribution in [0.15, 0.2) is 94.4 Å². The molecule has 2 amide bonds. The number of sulfonamides is 1. The molecule has 0 spiro atoms. The van der Waals surface area contributed by atoms with Gasteiger partial charge in [-0.05, 0) is 67.1 Å². The molecule has 1 aromatic heterocycles. The van der Waals surface area contributed by atoms with Crippen LogP contribution in [0, 0.1) is 12.8 Å². The number of carbonyl (C=O) groups excluding carboxylic acids is 2. The second-order valence-corrected chi connectivity index (χ2v) is 13.8. The lowest BCUT2D eigenvalue weighted by molar-refractivity contribution is 0.0773. The van der Waals surface area contributed by atoms with Crippen molar-refractivity contribution in [2.24, 2.45) is 5.92 Å². The molecular formula is C35H42N4O6S. The van der Waals surface area contributed by atoms with Gasteiger partial charge in [-0.25, -0.2) is 13.4 Å². The Labute approximate surface area is 271 Å². The first-order valence-electron chi connectivity index (χ1n) is 15.3. The van der Waals surface area contributed by atoms with E-state index in [1.807, 2.05) is 44.2 Å². The standard InChI is InChI=1S/C35H42N4O6S/c1-25(2)21-39(46(43,44)32-15-13-28(23-40)14-16-32)18-17-31(19-27-9-6-5-7-10-27)37-34(41)29-11-8-12-30(20-29)35(42)38(4)22-33-36-26(3)24-45-33/h5-16,20,24-25,31,40H,17-19,21-23H2,1-4H3,(H,37,41)/t31-/m1/s1. The molecule has 0 radical (unpaired) electrons. The summed E-state index contributed by atoms with van der Waals surface area (Å²) in [6.07, 6.45) is 2.37. The van der Waals surface area contributed by atoms with Crippen molar-refractivity contribution in [3.8, 4) is 0 Å². The number of benzene rings is 3. The van der Waals surface area contributed by atoms with Crippen LogP contribution in [0.2, 0.25) is 0 Å². The highest BCUT2D eigenvalue weighted by atomic mass is 32.2. The number of hydrogen-bond acceptors (Lipinski definition) is 7. The summed E-state index contributed by atoms with van der Waals surface area (Å²) in [5.41, 5.74) is 3.01. The van der Waals surface area contributed by atoms with Crippen LogP contribution >= 0.6 is 0 Å². The first kappa shape index (κ1) is 34.6. The molecule has 10 nitrogen and oxygen atoms in total. The summed E-state index contributed by atoms with van der Waals surface area (Å²) < 4.78 is 34.2. The molecule has 0 fully saturated rings. The van der Waals surface area contributed by atoms with Gasteiger partial charge in [0.1, 0.15) is 6.26 Å². The molecule has 0 aliphatic carbocycles. The van der Waals surface area contributed by atoms with E-state index in [1.54, 1.807) is 50.4 Å². The topological polar surface area (TPSA) is 133 Å². The summed E-state index contributed by atoms with van der Waals surface area (Å²) in [5, 5.41) is 12.5. The van der Waals surface area contributed by atoms with E-state index in [9.17, 15) is 23.1 Å². The van der Waals surface area contributed by atoms with Crippen molar-refractivity contribution >= 4 is 21.8 Å². The third-order valence-corrected chi connectivity index (χ3v) is 9.34. The molecule has 0 aliphatic heterocycles. The van der Waals surface area contributed by atoms with Gasteiger partial charge in [0.15, 0.2) is 0 Å². The van der Waals surface area contributed by atoms with E-state index in [-0.39, 0.29) is 42.3 Å². The second-order valence-electron chi connectivity index (χ2n) is 11.8. The predicted molar refractivity (Wildman–Crippen MR) is 175 cm³/mol. The molecule has 4 aromatic rings. The second kappa shape index (κ2) is 15.8. The number of rotatable bonds is 15. The first-order valence-corrected chi connectivity index (χ1v) is 16.7. The lowest BCUT2D eigenvalue weighted by atomic mass is 10.0. The molecule has 0 saturated heterocycles. The monoisotopic (exact) mass is 646 g/mol. The Kier molecular flexibility index (Phi) is 11.9. The van der Waals surface area contributed by atoms with Crippen molar-refractivity contribution in [1.29, 1.82) is 0 Å². The van der Waals surface area contributed by atoms with Crippen molar-refractivity contribution in [1.82, 2.24) is 19.5 Å². The predicted octanol–water partition coefficient (Wildman–Crippen LogP) is 4.83. The van der Waals surface area contributed by atoms with Gasteiger partial charge in [-0.15, -0.1) is 0 Å². The highest BCUT2D eigenvalue weighted by Crippen LogP contribution is 2.20. The van der Waals surface area contributed by atoms with Crippen LogP contribution in [0.4, 0.5) is 0 Å². The van der Waals surface area contributed by atoms with E-state index >= 15 is 0 Å². The van der Waals surface area contributed by atoms with E-state index in [0.717, 1.165) is 11.3 Å². The highest BCUT2D eigenvalue weighted by Gasteiger charge is 2.27. The van der Waals surface area contributed by atoms with Crippen LogP contribution in [0.25, 0.3) is 0 Å². The Morgan fingerprint density at radius 3 is 2.28 bits per heavy atom. The molecule has 1 heterocycles. The number of oxazole rings is 1. The summed E-state index contributed by atoms with van der Waals surface area (Å²) in [6.45, 7) is 6.22. The van der Waals surface area contributed by atoms with Crippen LogP contribution in [-0.2, 0) is 29.6 Å². The van der Waals surface area contributed by atoms with Gasteiger partial charge in [-0.3, -0.25) is 9.59 Å². The number of aliphatic hydroxyl groups excluding tert-OH is 1. The van der Waals surface area contributed by atoms with Crippen molar-refractivity contribution in [3.05, 3.63) is 119 Å². The van der Waals surface area contributed by atoms with Gasteiger partial charge in [0.05, 0.1) is 23.7 Å². The van der Waals surface area contributed by atoms with E-state index in [1.165, 1.54) is 27.6 Å². The van der Waals surface area contributed by atoms with Crippen LogP contribution < -0.4 is 5.32 Å². The summed E-state index contributed by atoms with van der Waals surface area (Å²) in [7, 11) is -2.19. The number of aliphatic hydroxyl groups is 1. The Hall–Kier alpha value is -4.32. The van der Waals surface area contributed by atoms with Crippen molar-refractivity contribution < 1.29 is 27.5 Å². The molecule has 46 heavy (non-hydrogen) atoms. The van der Waals surface area contributed by atoms with Gasteiger partial charge in [0, 0.05) is 37.3 Å². The Bertz CT molecular complexity index is 1700. The zero-order valence-corrected chi connectivity index (χ0v) is 27.5. The maximum atomic E-state index is 13.7. The van der Waals surface area contributed by atoms with E-state index in [2.05, 4.69) is 10.3 Å². The molecule has 11 heteroatoms. The molecule has 4 rings (SSSR count). The minimum Gasteiger partial charge on any atom is -0.447 e. The van der Waals surface area contributed by atoms with Gasteiger partial charge in [-0.1, -0.05) is 62.4 Å². The van der Waals surface area contributed by atoms with Crippen molar-refractivity contribution in [2.75, 3.05) is 20.1 Å². The van der Waals surface area contributed by atoms with Gasteiger partial charge in [0.2, 0.25) is 15.9 Å². The van der Waals surface area contributed by atoms with Gasteiger partial charge in [0.25, 0.3) is 11.8 Å². The fraction of sp³-hybridized carbons (Fsp3) is 0.343. The minimum atomic E-state index is -3.83. The smallest absolute Gasteiger partial charge is 0.254 e. The molecule has 0 bridgehead atoms. The highest BCUT2D eigenvalue weighted by molar-refractivity contribution is 7.89. The van der Waals surface area contributed by atoms with Crippen molar-refractivity contribution in [3.63, 3.8) is 0 Å². The molecular weight excluding hydrogens is 604 g/mol. The van der Waals surface area contributed by atoms with Crippen LogP contribution in [-0.4, -0.2) is 65.7 Å². The minimum absolute atomic E-state index is 0.0691. The molecule has 0 aliphatic rings. The zero-order valence-electron chi connectivity index (χ0n) is 26.7. The summed E-state index contributed by atoms with van der Waals surface area (Å²) in [4.78, 5) is 32.6. The maximum absolute atomic E-state index is 13.7.